The third-order valence-electron chi connectivity index (χ3n) is 3.82. The van der Waals surface area contributed by atoms with Crippen molar-refractivity contribution < 1.29 is 33.5 Å². The quantitative estimate of drug-likeness (QED) is 0.256. The molecule has 0 bridgehead atoms. The number of carbonyl (C=O) groups is 2. The van der Waals surface area contributed by atoms with Gasteiger partial charge in [0.1, 0.15) is 11.3 Å². The zero-order valence-electron chi connectivity index (χ0n) is 16.3. The van der Waals surface area contributed by atoms with E-state index in [1.54, 1.807) is 31.2 Å². The minimum absolute atomic E-state index is 0.128. The van der Waals surface area contributed by atoms with Gasteiger partial charge in [-0.05, 0) is 38.1 Å². The van der Waals surface area contributed by atoms with Crippen molar-refractivity contribution >= 4 is 17.4 Å². The molecule has 29 heavy (non-hydrogen) atoms. The van der Waals surface area contributed by atoms with Gasteiger partial charge in [0.15, 0.2) is 23.9 Å². The molecule has 2 aromatic carbocycles. The van der Waals surface area contributed by atoms with Gasteiger partial charge in [0.05, 0.1) is 31.3 Å². The summed E-state index contributed by atoms with van der Waals surface area (Å²) < 4.78 is 20.7. The van der Waals surface area contributed by atoms with Crippen LogP contribution < -0.4 is 14.2 Å². The second-order valence-corrected chi connectivity index (χ2v) is 5.67. The fraction of sp³-hybridized carbons (Fsp3) is 0.300. The first kappa shape index (κ1) is 21.7. The summed E-state index contributed by atoms with van der Waals surface area (Å²) in [6.07, 6.45) is 0. The summed E-state index contributed by atoms with van der Waals surface area (Å²) >= 11 is 0. The number of esters is 1. The summed E-state index contributed by atoms with van der Waals surface area (Å²) in [5.41, 5.74) is -0.525. The molecule has 0 aromatic heterocycles. The van der Waals surface area contributed by atoms with Gasteiger partial charge < -0.3 is 18.9 Å². The van der Waals surface area contributed by atoms with Gasteiger partial charge in [-0.2, -0.15) is 0 Å². The zero-order chi connectivity index (χ0) is 21.4. The van der Waals surface area contributed by atoms with E-state index >= 15 is 0 Å². The molecule has 0 N–H and O–H groups in total. The Bertz CT molecular complexity index is 892. The van der Waals surface area contributed by atoms with Crippen molar-refractivity contribution in [3.05, 3.63) is 57.6 Å². The van der Waals surface area contributed by atoms with Crippen LogP contribution in [0.4, 0.5) is 5.69 Å². The Balaban J connectivity index is 2.16. The topological polar surface area (TPSA) is 114 Å². The lowest BCUT2D eigenvalue weighted by Crippen LogP contribution is -2.15. The fourth-order valence-electron chi connectivity index (χ4n) is 2.49. The molecule has 2 aromatic rings. The van der Waals surface area contributed by atoms with Crippen molar-refractivity contribution in [2.45, 2.75) is 13.8 Å². The fourth-order valence-corrected chi connectivity index (χ4v) is 2.49. The highest BCUT2D eigenvalue weighted by Crippen LogP contribution is 2.35. The molecule has 0 aliphatic rings. The highest BCUT2D eigenvalue weighted by Gasteiger charge is 2.26. The molecule has 9 nitrogen and oxygen atoms in total. The smallest absolute Gasteiger partial charge is 0.345 e. The van der Waals surface area contributed by atoms with Gasteiger partial charge in [-0.1, -0.05) is 0 Å². The van der Waals surface area contributed by atoms with E-state index in [1.807, 2.05) is 6.92 Å². The number of nitrogens with zero attached hydrogens (tertiary/aromatic N) is 1. The second-order valence-electron chi connectivity index (χ2n) is 5.67. The van der Waals surface area contributed by atoms with E-state index in [4.69, 9.17) is 18.9 Å². The third-order valence-corrected chi connectivity index (χ3v) is 3.82. The molecule has 0 aliphatic heterocycles. The van der Waals surface area contributed by atoms with Crippen LogP contribution in [0.3, 0.4) is 0 Å². The maximum Gasteiger partial charge on any atom is 0.345 e. The van der Waals surface area contributed by atoms with Crippen molar-refractivity contribution in [3.63, 3.8) is 0 Å². The summed E-state index contributed by atoms with van der Waals surface area (Å²) in [6, 6.07) is 8.59. The van der Waals surface area contributed by atoms with Crippen LogP contribution in [0.5, 0.6) is 17.2 Å². The zero-order valence-corrected chi connectivity index (χ0v) is 16.3. The van der Waals surface area contributed by atoms with Crippen molar-refractivity contribution in [2.75, 3.05) is 26.9 Å². The number of hydrogen-bond acceptors (Lipinski definition) is 8. The minimum Gasteiger partial charge on any atom is -0.494 e. The Labute approximate surface area is 167 Å². The van der Waals surface area contributed by atoms with Crippen molar-refractivity contribution in [3.8, 4) is 17.2 Å². The number of methoxy groups -OCH3 is 1. The van der Waals surface area contributed by atoms with Crippen molar-refractivity contribution in [2.24, 2.45) is 0 Å². The molecule has 0 saturated carbocycles. The monoisotopic (exact) mass is 403 g/mol. The van der Waals surface area contributed by atoms with Crippen LogP contribution in [0.2, 0.25) is 0 Å². The van der Waals surface area contributed by atoms with Crippen LogP contribution in [-0.2, 0) is 4.74 Å². The number of nitro groups is 1. The summed E-state index contributed by atoms with van der Waals surface area (Å²) in [7, 11) is 1.34. The van der Waals surface area contributed by atoms with Gasteiger partial charge >= 0.3 is 5.97 Å². The molecule has 0 atom stereocenters. The highest BCUT2D eigenvalue weighted by atomic mass is 16.6. The standard InChI is InChI=1S/C20H21NO8/c1-4-27-14-8-6-13(7-9-14)17(22)12-29-20(23)15-10-18(26-3)19(28-5-2)11-16(15)21(24)25/h6-11H,4-5,12H2,1-3H3. The van der Waals surface area contributed by atoms with Crippen LogP contribution in [0.25, 0.3) is 0 Å². The molecule has 0 aliphatic carbocycles. The van der Waals surface area contributed by atoms with Crippen LogP contribution in [0.1, 0.15) is 34.6 Å². The molecular weight excluding hydrogens is 382 g/mol. The lowest BCUT2D eigenvalue weighted by atomic mass is 10.1. The lowest BCUT2D eigenvalue weighted by molar-refractivity contribution is -0.385. The maximum absolute atomic E-state index is 12.4. The molecule has 0 saturated heterocycles. The number of ether oxygens (including phenoxy) is 4. The SMILES string of the molecule is CCOc1ccc(C(=O)COC(=O)c2cc(OC)c(OCC)cc2[N+](=O)[O-])cc1. The van der Waals surface area contributed by atoms with Crippen LogP contribution >= 0.6 is 0 Å². The van der Waals surface area contributed by atoms with Crippen molar-refractivity contribution in [1.29, 1.82) is 0 Å². The molecule has 0 fully saturated rings. The largest absolute Gasteiger partial charge is 0.494 e. The van der Waals surface area contributed by atoms with E-state index in [2.05, 4.69) is 0 Å². The normalized spacial score (nSPS) is 10.2. The number of hydrogen-bond donors (Lipinski definition) is 0. The van der Waals surface area contributed by atoms with E-state index in [9.17, 15) is 19.7 Å². The Hall–Kier alpha value is -3.62. The summed E-state index contributed by atoms with van der Waals surface area (Å²) in [5.74, 6) is -0.594. The predicted octanol–water partition coefficient (Wildman–Crippen LogP) is 3.44. The van der Waals surface area contributed by atoms with E-state index in [0.717, 1.165) is 12.1 Å². The minimum atomic E-state index is -1.02. The molecule has 2 rings (SSSR count). The second kappa shape index (κ2) is 10.1. The van der Waals surface area contributed by atoms with E-state index in [1.165, 1.54) is 7.11 Å². The van der Waals surface area contributed by atoms with Gasteiger partial charge in [-0.25, -0.2) is 4.79 Å². The summed E-state index contributed by atoms with van der Waals surface area (Å²) in [6.45, 7) is 3.73. The first-order valence-corrected chi connectivity index (χ1v) is 8.83. The van der Waals surface area contributed by atoms with E-state index < -0.39 is 29.0 Å². The van der Waals surface area contributed by atoms with Gasteiger partial charge in [-0.3, -0.25) is 14.9 Å². The molecule has 0 heterocycles. The molecular formula is C20H21NO8. The predicted molar refractivity (Wildman–Crippen MR) is 103 cm³/mol. The Morgan fingerprint density at radius 2 is 1.66 bits per heavy atom. The molecule has 0 radical (unpaired) electrons. The summed E-state index contributed by atoms with van der Waals surface area (Å²) in [5, 5.41) is 11.3. The van der Waals surface area contributed by atoms with Gasteiger partial charge in [0, 0.05) is 11.6 Å². The Morgan fingerprint density at radius 3 is 2.21 bits per heavy atom. The Morgan fingerprint density at radius 1 is 1.00 bits per heavy atom. The lowest BCUT2D eigenvalue weighted by Gasteiger charge is -2.11. The average molecular weight is 403 g/mol. The number of benzene rings is 2. The van der Waals surface area contributed by atoms with Gasteiger partial charge in [-0.15, -0.1) is 0 Å². The molecule has 9 heteroatoms. The van der Waals surface area contributed by atoms with Crippen molar-refractivity contribution in [1.82, 2.24) is 0 Å². The Kier molecular flexibility index (Phi) is 7.53. The van der Waals surface area contributed by atoms with E-state index in [0.29, 0.717) is 17.9 Å². The van der Waals surface area contributed by atoms with Crippen LogP contribution in [0.15, 0.2) is 36.4 Å². The molecule has 154 valence electrons. The van der Waals surface area contributed by atoms with E-state index in [-0.39, 0.29) is 23.7 Å². The van der Waals surface area contributed by atoms with Gasteiger partial charge in [0.25, 0.3) is 5.69 Å². The molecule has 0 amide bonds. The molecule has 0 spiro atoms. The highest BCUT2D eigenvalue weighted by molar-refractivity contribution is 6.00. The molecule has 0 unspecified atom stereocenters. The average Bonchev–Trinajstić information content (AvgIpc) is 2.72. The number of ketones is 1. The number of carbonyl (C=O) groups excluding carboxylic acids is 2. The van der Waals surface area contributed by atoms with Crippen LogP contribution in [0, 0.1) is 10.1 Å². The first-order chi connectivity index (χ1) is 13.9. The number of rotatable bonds is 10. The first-order valence-electron chi connectivity index (χ1n) is 8.83. The number of nitro benzene ring substituents is 1. The summed E-state index contributed by atoms with van der Waals surface area (Å²) in [4.78, 5) is 35.2. The van der Waals surface area contributed by atoms with Gasteiger partial charge in [0.2, 0.25) is 0 Å². The number of Topliss-reactive ketones (excluding diaryl/α,β-unsaturated/α-hetero) is 1. The van der Waals surface area contributed by atoms with Crippen LogP contribution in [-0.4, -0.2) is 43.6 Å². The maximum atomic E-state index is 12.4. The third kappa shape index (κ3) is 5.44.